The smallest absolute Gasteiger partial charge is 0.421 e. The van der Waals surface area contributed by atoms with E-state index < -0.39 is 23.2 Å². The van der Waals surface area contributed by atoms with Gasteiger partial charge in [-0.05, 0) is 37.4 Å². The van der Waals surface area contributed by atoms with Gasteiger partial charge in [0, 0.05) is 17.6 Å². The normalized spacial score (nSPS) is 14.4. The lowest BCUT2D eigenvalue weighted by Crippen LogP contribution is -2.40. The molecule has 0 aliphatic rings. The van der Waals surface area contributed by atoms with Crippen molar-refractivity contribution >= 4 is 17.3 Å². The van der Waals surface area contributed by atoms with E-state index in [4.69, 9.17) is 4.74 Å². The number of pyridine rings is 1. The van der Waals surface area contributed by atoms with Crippen molar-refractivity contribution in [3.63, 3.8) is 0 Å². The first-order valence-corrected chi connectivity index (χ1v) is 9.55. The van der Waals surface area contributed by atoms with Crippen LogP contribution >= 0.6 is 11.3 Å². The Hall–Kier alpha value is -2.33. The van der Waals surface area contributed by atoms with E-state index in [2.05, 4.69) is 20.6 Å². The van der Waals surface area contributed by atoms with E-state index in [0.29, 0.717) is 12.5 Å². The second kappa shape index (κ2) is 9.74. The molecule has 2 aromatic rings. The molecule has 10 heteroatoms. The molecule has 154 valence electrons. The number of hydrogen-bond acceptors (Lipinski definition) is 5. The molecule has 0 aliphatic heterocycles. The minimum absolute atomic E-state index is 0.0359. The number of alkyl halides is 3. The minimum Gasteiger partial charge on any atom is -0.475 e. The number of aliphatic hydroxyl groups is 1. The van der Waals surface area contributed by atoms with Crippen molar-refractivity contribution in [3.05, 3.63) is 46.3 Å². The average Bonchev–Trinajstić information content (AvgIpc) is 3.18. The van der Waals surface area contributed by atoms with Gasteiger partial charge in [-0.1, -0.05) is 6.07 Å². The molecule has 0 radical (unpaired) electrons. The lowest BCUT2D eigenvalue weighted by Gasteiger charge is -2.20. The molecule has 0 saturated carbocycles. The number of guanidine groups is 1. The van der Waals surface area contributed by atoms with Crippen molar-refractivity contribution in [1.29, 1.82) is 0 Å². The number of aromatic nitrogens is 1. The van der Waals surface area contributed by atoms with Gasteiger partial charge in [0.2, 0.25) is 5.88 Å². The maximum atomic E-state index is 12.9. The summed E-state index contributed by atoms with van der Waals surface area (Å²) >= 11 is 1.44. The van der Waals surface area contributed by atoms with Crippen LogP contribution in [0.15, 0.2) is 40.8 Å². The molecular weight excluding hydrogens is 393 g/mol. The number of rotatable bonds is 8. The number of hydrogen-bond donors (Lipinski definition) is 3. The summed E-state index contributed by atoms with van der Waals surface area (Å²) in [6.07, 6.45) is -3.28. The Balaban J connectivity index is 1.90. The van der Waals surface area contributed by atoms with Gasteiger partial charge in [-0.3, -0.25) is 0 Å². The predicted octanol–water partition coefficient (Wildman–Crippen LogP) is 3.00. The van der Waals surface area contributed by atoms with E-state index in [0.717, 1.165) is 10.9 Å². The van der Waals surface area contributed by atoms with Gasteiger partial charge in [0.15, 0.2) is 5.96 Å². The molecule has 0 aliphatic carbocycles. The first-order chi connectivity index (χ1) is 13.2. The number of aliphatic imine (C=N–C) groups is 1. The van der Waals surface area contributed by atoms with Gasteiger partial charge < -0.3 is 20.5 Å². The van der Waals surface area contributed by atoms with Crippen LogP contribution in [0.2, 0.25) is 0 Å². The third-order valence-electron chi connectivity index (χ3n) is 3.65. The maximum absolute atomic E-state index is 12.9. The highest BCUT2D eigenvalue weighted by molar-refractivity contribution is 7.10. The van der Waals surface area contributed by atoms with Gasteiger partial charge in [-0.15, -0.1) is 11.3 Å². The Morgan fingerprint density at radius 1 is 1.29 bits per heavy atom. The van der Waals surface area contributed by atoms with Crippen LogP contribution in [0.3, 0.4) is 0 Å². The van der Waals surface area contributed by atoms with Crippen molar-refractivity contribution < 1.29 is 23.0 Å². The first kappa shape index (κ1) is 22.0. The van der Waals surface area contributed by atoms with Crippen LogP contribution in [0, 0.1) is 0 Å². The average molecular weight is 416 g/mol. The van der Waals surface area contributed by atoms with Gasteiger partial charge in [0.1, 0.15) is 17.8 Å². The minimum atomic E-state index is -4.53. The van der Waals surface area contributed by atoms with Crippen LogP contribution < -0.4 is 15.4 Å². The van der Waals surface area contributed by atoms with Crippen molar-refractivity contribution in [2.75, 3.05) is 26.2 Å². The molecule has 0 aromatic carbocycles. The summed E-state index contributed by atoms with van der Waals surface area (Å²) in [5, 5.41) is 18.4. The van der Waals surface area contributed by atoms with E-state index in [-0.39, 0.29) is 19.7 Å². The zero-order valence-corrected chi connectivity index (χ0v) is 16.4. The van der Waals surface area contributed by atoms with Gasteiger partial charge in [0.25, 0.3) is 0 Å². The Kier molecular flexibility index (Phi) is 7.64. The molecule has 2 rings (SSSR count). The fourth-order valence-electron chi connectivity index (χ4n) is 2.28. The molecule has 1 unspecified atom stereocenters. The first-order valence-electron chi connectivity index (χ1n) is 8.67. The van der Waals surface area contributed by atoms with Crippen LogP contribution in [0.25, 0.3) is 0 Å². The van der Waals surface area contributed by atoms with Gasteiger partial charge in [0.05, 0.1) is 13.1 Å². The summed E-state index contributed by atoms with van der Waals surface area (Å²) < 4.78 is 44.0. The van der Waals surface area contributed by atoms with Crippen molar-refractivity contribution in [2.45, 2.75) is 25.6 Å². The van der Waals surface area contributed by atoms with Crippen molar-refractivity contribution in [3.8, 4) is 5.88 Å². The Bertz CT molecular complexity index is 764. The molecule has 0 fully saturated rings. The van der Waals surface area contributed by atoms with Gasteiger partial charge in [-0.2, -0.15) is 13.2 Å². The van der Waals surface area contributed by atoms with Crippen LogP contribution in [0.5, 0.6) is 5.88 Å². The quantitative estimate of drug-likeness (QED) is 0.350. The number of halogens is 3. The molecule has 6 nitrogen and oxygen atoms in total. The third-order valence-corrected chi connectivity index (χ3v) is 4.77. The summed E-state index contributed by atoms with van der Waals surface area (Å²) in [4.78, 5) is 8.79. The largest absolute Gasteiger partial charge is 0.475 e. The van der Waals surface area contributed by atoms with E-state index in [1.165, 1.54) is 23.6 Å². The van der Waals surface area contributed by atoms with Crippen molar-refractivity contribution in [2.24, 2.45) is 4.99 Å². The summed E-state index contributed by atoms with van der Waals surface area (Å²) in [7, 11) is 0. The SMILES string of the molecule is CCNC(=NCC(C)(O)c1cccs1)NCCOc1ncccc1C(F)(F)F. The van der Waals surface area contributed by atoms with E-state index >= 15 is 0 Å². The standard InChI is InChI=1S/C18H23F3N4O2S/c1-3-22-16(25-12-17(2,26)14-7-5-11-28-14)24-9-10-27-15-13(18(19,20)21)6-4-8-23-15/h4-8,11,26H,3,9-10,12H2,1-2H3,(H2,22,24,25). The molecular formula is C18H23F3N4O2S. The zero-order valence-electron chi connectivity index (χ0n) is 15.6. The maximum Gasteiger partial charge on any atom is 0.421 e. The highest BCUT2D eigenvalue weighted by Gasteiger charge is 2.35. The highest BCUT2D eigenvalue weighted by Crippen LogP contribution is 2.34. The van der Waals surface area contributed by atoms with E-state index in [9.17, 15) is 18.3 Å². The summed E-state index contributed by atoms with van der Waals surface area (Å²) in [6, 6.07) is 5.82. The predicted molar refractivity (Wildman–Crippen MR) is 103 cm³/mol. The van der Waals surface area contributed by atoms with Crippen LogP contribution in [0.4, 0.5) is 13.2 Å². The number of nitrogens with one attached hydrogen (secondary N) is 2. The molecule has 0 spiro atoms. The summed E-state index contributed by atoms with van der Waals surface area (Å²) in [5.74, 6) is -0.0284. The fourth-order valence-corrected chi connectivity index (χ4v) is 3.06. The highest BCUT2D eigenvalue weighted by atomic mass is 32.1. The fraction of sp³-hybridized carbons (Fsp3) is 0.444. The number of ether oxygens (including phenoxy) is 1. The molecule has 0 amide bonds. The second-order valence-corrected chi connectivity index (χ2v) is 7.02. The monoisotopic (exact) mass is 416 g/mol. The van der Waals surface area contributed by atoms with Crippen LogP contribution in [0.1, 0.15) is 24.3 Å². The van der Waals surface area contributed by atoms with Gasteiger partial charge in [-0.25, -0.2) is 9.98 Å². The Morgan fingerprint density at radius 3 is 2.71 bits per heavy atom. The Morgan fingerprint density at radius 2 is 2.07 bits per heavy atom. The number of nitrogens with zero attached hydrogens (tertiary/aromatic N) is 2. The molecule has 2 aromatic heterocycles. The van der Waals surface area contributed by atoms with Gasteiger partial charge >= 0.3 is 6.18 Å². The zero-order chi connectivity index (χ0) is 20.6. The lowest BCUT2D eigenvalue weighted by atomic mass is 10.1. The van der Waals surface area contributed by atoms with Crippen LogP contribution in [-0.2, 0) is 11.8 Å². The topological polar surface area (TPSA) is 78.8 Å². The van der Waals surface area contributed by atoms with Crippen molar-refractivity contribution in [1.82, 2.24) is 15.6 Å². The molecule has 0 saturated heterocycles. The molecule has 0 bridgehead atoms. The lowest BCUT2D eigenvalue weighted by molar-refractivity contribution is -0.139. The molecule has 28 heavy (non-hydrogen) atoms. The molecule has 2 heterocycles. The van der Waals surface area contributed by atoms with E-state index in [1.54, 1.807) is 6.92 Å². The molecule has 3 N–H and O–H groups in total. The van der Waals surface area contributed by atoms with Crippen LogP contribution in [-0.4, -0.2) is 42.3 Å². The molecule has 1 atom stereocenters. The summed E-state index contributed by atoms with van der Waals surface area (Å²) in [6.45, 7) is 4.45. The second-order valence-electron chi connectivity index (χ2n) is 6.08. The number of thiophene rings is 1. The summed E-state index contributed by atoms with van der Waals surface area (Å²) in [5.41, 5.74) is -2.02. The third kappa shape index (κ3) is 6.38. The van der Waals surface area contributed by atoms with E-state index in [1.807, 2.05) is 24.4 Å². The Labute approximate surface area is 165 Å².